The van der Waals surface area contributed by atoms with Crippen LogP contribution in [0.3, 0.4) is 0 Å². The van der Waals surface area contributed by atoms with Crippen molar-refractivity contribution in [2.24, 2.45) is 11.7 Å². The van der Waals surface area contributed by atoms with Gasteiger partial charge >= 0.3 is 0 Å². The minimum absolute atomic E-state index is 0.171. The van der Waals surface area contributed by atoms with E-state index < -0.39 is 0 Å². The second-order valence-electron chi connectivity index (χ2n) is 5.70. The van der Waals surface area contributed by atoms with Gasteiger partial charge in [0.1, 0.15) is 0 Å². The standard InChI is InChI=1S/C16H26N2/c1-4-14-6-5-11-16(14,12-17)18(3)15-9-7-13(2)8-10-15/h7-10,14H,4-6,11-12,17H2,1-3H3. The van der Waals surface area contributed by atoms with Gasteiger partial charge in [-0.25, -0.2) is 0 Å². The molecule has 0 aliphatic heterocycles. The zero-order chi connectivity index (χ0) is 13.2. The molecule has 0 spiro atoms. The quantitative estimate of drug-likeness (QED) is 0.883. The Balaban J connectivity index is 2.29. The largest absolute Gasteiger partial charge is 0.367 e. The van der Waals surface area contributed by atoms with E-state index in [0.29, 0.717) is 0 Å². The summed E-state index contributed by atoms with van der Waals surface area (Å²) in [6.45, 7) is 5.19. The molecule has 1 aliphatic rings. The van der Waals surface area contributed by atoms with E-state index in [0.717, 1.165) is 12.5 Å². The molecule has 2 unspecified atom stereocenters. The molecule has 0 heterocycles. The van der Waals surface area contributed by atoms with E-state index in [-0.39, 0.29) is 5.54 Å². The highest BCUT2D eigenvalue weighted by molar-refractivity contribution is 5.50. The van der Waals surface area contributed by atoms with Crippen molar-refractivity contribution < 1.29 is 0 Å². The zero-order valence-electron chi connectivity index (χ0n) is 11.9. The molecule has 18 heavy (non-hydrogen) atoms. The van der Waals surface area contributed by atoms with Crippen LogP contribution in [0, 0.1) is 12.8 Å². The van der Waals surface area contributed by atoms with Gasteiger partial charge in [0.25, 0.3) is 0 Å². The average molecular weight is 246 g/mol. The molecule has 2 N–H and O–H groups in total. The van der Waals surface area contributed by atoms with Crippen LogP contribution in [0.1, 0.15) is 38.2 Å². The van der Waals surface area contributed by atoms with E-state index in [2.05, 4.69) is 50.1 Å². The number of aryl methyl sites for hydroxylation is 1. The molecule has 2 rings (SSSR count). The van der Waals surface area contributed by atoms with E-state index in [9.17, 15) is 0 Å². The summed E-state index contributed by atoms with van der Waals surface area (Å²) in [6, 6.07) is 8.81. The third kappa shape index (κ3) is 2.14. The third-order valence-electron chi connectivity index (χ3n) is 4.86. The van der Waals surface area contributed by atoms with Crippen molar-refractivity contribution in [1.29, 1.82) is 0 Å². The summed E-state index contributed by atoms with van der Waals surface area (Å²) in [7, 11) is 2.21. The van der Waals surface area contributed by atoms with Gasteiger partial charge < -0.3 is 10.6 Å². The van der Waals surface area contributed by atoms with Crippen molar-refractivity contribution >= 4 is 5.69 Å². The Bertz CT molecular complexity index is 385. The molecule has 100 valence electrons. The summed E-state index contributed by atoms with van der Waals surface area (Å²) < 4.78 is 0. The Morgan fingerprint density at radius 1 is 1.33 bits per heavy atom. The molecule has 0 saturated heterocycles. The van der Waals surface area contributed by atoms with Gasteiger partial charge in [-0.05, 0) is 37.8 Å². The summed E-state index contributed by atoms with van der Waals surface area (Å²) >= 11 is 0. The molecular formula is C16H26N2. The lowest BCUT2D eigenvalue weighted by Crippen LogP contribution is -2.54. The van der Waals surface area contributed by atoms with Crippen LogP contribution in [-0.4, -0.2) is 19.1 Å². The van der Waals surface area contributed by atoms with E-state index in [1.807, 2.05) is 0 Å². The Labute approximate surface area is 111 Å². The first-order chi connectivity index (χ1) is 8.64. The van der Waals surface area contributed by atoms with Gasteiger partial charge in [-0.15, -0.1) is 0 Å². The van der Waals surface area contributed by atoms with E-state index in [1.165, 1.54) is 36.9 Å². The Hall–Kier alpha value is -1.02. The summed E-state index contributed by atoms with van der Waals surface area (Å²) in [5.41, 5.74) is 8.94. The smallest absolute Gasteiger partial charge is 0.0548 e. The molecule has 1 aliphatic carbocycles. The predicted molar refractivity (Wildman–Crippen MR) is 79.0 cm³/mol. The Kier molecular flexibility index (Phi) is 3.96. The number of hydrogen-bond donors (Lipinski definition) is 1. The first kappa shape index (κ1) is 13.4. The second-order valence-corrected chi connectivity index (χ2v) is 5.70. The summed E-state index contributed by atoms with van der Waals surface area (Å²) in [5.74, 6) is 0.730. The zero-order valence-corrected chi connectivity index (χ0v) is 11.9. The van der Waals surface area contributed by atoms with Crippen LogP contribution < -0.4 is 10.6 Å². The summed E-state index contributed by atoms with van der Waals surface area (Å²) in [4.78, 5) is 2.44. The number of likely N-dealkylation sites (N-methyl/N-ethyl adjacent to an activating group) is 1. The molecule has 1 saturated carbocycles. The highest BCUT2D eigenvalue weighted by Crippen LogP contribution is 2.42. The number of anilines is 1. The Morgan fingerprint density at radius 2 is 2.00 bits per heavy atom. The number of nitrogens with two attached hydrogens (primary N) is 1. The van der Waals surface area contributed by atoms with Crippen molar-refractivity contribution in [2.75, 3.05) is 18.5 Å². The average Bonchev–Trinajstić information content (AvgIpc) is 2.82. The van der Waals surface area contributed by atoms with Crippen LogP contribution in [0.2, 0.25) is 0 Å². The number of hydrogen-bond acceptors (Lipinski definition) is 2. The van der Waals surface area contributed by atoms with E-state index in [1.54, 1.807) is 0 Å². The fourth-order valence-electron chi connectivity index (χ4n) is 3.58. The van der Waals surface area contributed by atoms with Crippen molar-refractivity contribution in [3.8, 4) is 0 Å². The topological polar surface area (TPSA) is 29.3 Å². The molecule has 0 amide bonds. The van der Waals surface area contributed by atoms with Crippen LogP contribution in [0.5, 0.6) is 0 Å². The van der Waals surface area contributed by atoms with Crippen LogP contribution in [0.15, 0.2) is 24.3 Å². The molecular weight excluding hydrogens is 220 g/mol. The normalized spacial score (nSPS) is 27.4. The van der Waals surface area contributed by atoms with Gasteiger partial charge in [-0.2, -0.15) is 0 Å². The lowest BCUT2D eigenvalue weighted by molar-refractivity contribution is 0.303. The van der Waals surface area contributed by atoms with Gasteiger partial charge in [-0.3, -0.25) is 0 Å². The van der Waals surface area contributed by atoms with Gasteiger partial charge in [0, 0.05) is 19.3 Å². The van der Waals surface area contributed by atoms with Gasteiger partial charge in [0.15, 0.2) is 0 Å². The highest BCUT2D eigenvalue weighted by Gasteiger charge is 2.43. The summed E-state index contributed by atoms with van der Waals surface area (Å²) in [5, 5.41) is 0. The molecule has 1 aromatic carbocycles. The van der Waals surface area contributed by atoms with Crippen LogP contribution in [-0.2, 0) is 0 Å². The SMILES string of the molecule is CCC1CCCC1(CN)N(C)c1ccc(C)cc1. The van der Waals surface area contributed by atoms with E-state index in [4.69, 9.17) is 5.73 Å². The fraction of sp³-hybridized carbons (Fsp3) is 0.625. The lowest BCUT2D eigenvalue weighted by Gasteiger charge is -2.44. The van der Waals surface area contributed by atoms with E-state index >= 15 is 0 Å². The van der Waals surface area contributed by atoms with Crippen molar-refractivity contribution in [3.63, 3.8) is 0 Å². The Morgan fingerprint density at radius 3 is 2.56 bits per heavy atom. The highest BCUT2D eigenvalue weighted by atomic mass is 15.2. The van der Waals surface area contributed by atoms with Crippen molar-refractivity contribution in [2.45, 2.75) is 45.1 Å². The molecule has 2 nitrogen and oxygen atoms in total. The first-order valence-corrected chi connectivity index (χ1v) is 7.14. The van der Waals surface area contributed by atoms with Crippen molar-refractivity contribution in [3.05, 3.63) is 29.8 Å². The number of nitrogens with zero attached hydrogens (tertiary/aromatic N) is 1. The molecule has 1 fully saturated rings. The predicted octanol–water partition coefficient (Wildman–Crippen LogP) is 3.34. The summed E-state index contributed by atoms with van der Waals surface area (Å²) in [6.07, 6.45) is 5.09. The monoisotopic (exact) mass is 246 g/mol. The minimum atomic E-state index is 0.171. The van der Waals surface area contributed by atoms with Crippen molar-refractivity contribution in [1.82, 2.24) is 0 Å². The molecule has 2 atom stereocenters. The molecule has 2 heteroatoms. The maximum Gasteiger partial charge on any atom is 0.0548 e. The van der Waals surface area contributed by atoms with Gasteiger partial charge in [0.2, 0.25) is 0 Å². The first-order valence-electron chi connectivity index (χ1n) is 7.14. The van der Waals surface area contributed by atoms with Gasteiger partial charge in [0.05, 0.1) is 5.54 Å². The maximum atomic E-state index is 6.16. The van der Waals surface area contributed by atoms with Crippen LogP contribution in [0.25, 0.3) is 0 Å². The molecule has 0 aromatic heterocycles. The van der Waals surface area contributed by atoms with Crippen LogP contribution >= 0.6 is 0 Å². The molecule has 0 radical (unpaired) electrons. The third-order valence-corrected chi connectivity index (χ3v) is 4.86. The second kappa shape index (κ2) is 5.31. The number of rotatable bonds is 4. The lowest BCUT2D eigenvalue weighted by atomic mass is 9.83. The van der Waals surface area contributed by atoms with Crippen LogP contribution in [0.4, 0.5) is 5.69 Å². The fourth-order valence-corrected chi connectivity index (χ4v) is 3.58. The number of benzene rings is 1. The molecule has 0 bridgehead atoms. The van der Waals surface area contributed by atoms with Gasteiger partial charge in [-0.1, -0.05) is 37.5 Å². The maximum absolute atomic E-state index is 6.16. The molecule has 1 aromatic rings. The minimum Gasteiger partial charge on any atom is -0.367 e.